The zero-order valence-corrected chi connectivity index (χ0v) is 22.0. The van der Waals surface area contributed by atoms with Gasteiger partial charge in [0.15, 0.2) is 0 Å². The lowest BCUT2D eigenvalue weighted by Gasteiger charge is -2.33. The summed E-state index contributed by atoms with van der Waals surface area (Å²) in [6, 6.07) is 13.8. The largest absolute Gasteiger partial charge is 0.354 e. The molecule has 198 valence electrons. The van der Waals surface area contributed by atoms with E-state index in [4.69, 9.17) is 0 Å². The summed E-state index contributed by atoms with van der Waals surface area (Å²) in [5.74, 6) is 0.689. The van der Waals surface area contributed by atoms with Gasteiger partial charge in [0, 0.05) is 79.2 Å². The quantitative estimate of drug-likeness (QED) is 0.342. The van der Waals surface area contributed by atoms with E-state index in [1.54, 1.807) is 18.6 Å². The van der Waals surface area contributed by atoms with Gasteiger partial charge in [0.25, 0.3) is 5.91 Å². The summed E-state index contributed by atoms with van der Waals surface area (Å²) in [6.45, 7) is 3.91. The second-order valence-electron chi connectivity index (χ2n) is 10.0. The van der Waals surface area contributed by atoms with Gasteiger partial charge in [0.05, 0.1) is 29.2 Å². The third kappa shape index (κ3) is 4.44. The fourth-order valence-electron chi connectivity index (χ4n) is 5.14. The van der Waals surface area contributed by atoms with Crippen LogP contribution in [-0.4, -0.2) is 73.6 Å². The number of aromatic amines is 1. The van der Waals surface area contributed by atoms with Crippen LogP contribution in [0.15, 0.2) is 85.8 Å². The van der Waals surface area contributed by atoms with Crippen molar-refractivity contribution in [2.45, 2.75) is 0 Å². The van der Waals surface area contributed by atoms with Crippen molar-refractivity contribution in [3.8, 4) is 22.3 Å². The molecule has 10 nitrogen and oxygen atoms in total. The van der Waals surface area contributed by atoms with Crippen LogP contribution in [0, 0.1) is 0 Å². The van der Waals surface area contributed by atoms with Crippen molar-refractivity contribution in [3.05, 3.63) is 91.4 Å². The Morgan fingerprint density at radius 3 is 2.62 bits per heavy atom. The molecule has 40 heavy (non-hydrogen) atoms. The molecule has 0 aliphatic carbocycles. The van der Waals surface area contributed by atoms with Crippen molar-refractivity contribution in [2.24, 2.45) is 0 Å². The van der Waals surface area contributed by atoms with Gasteiger partial charge in [-0.15, -0.1) is 0 Å². The molecule has 0 spiro atoms. The number of nitrogens with zero attached hydrogens (tertiary/aromatic N) is 7. The average molecular weight is 530 g/mol. The minimum absolute atomic E-state index is 0.235. The molecule has 1 saturated heterocycles. The predicted molar refractivity (Wildman–Crippen MR) is 155 cm³/mol. The van der Waals surface area contributed by atoms with E-state index in [-0.39, 0.29) is 5.91 Å². The lowest BCUT2D eigenvalue weighted by molar-refractivity contribution is 0.102. The highest BCUT2D eigenvalue weighted by Crippen LogP contribution is 2.32. The van der Waals surface area contributed by atoms with E-state index in [0.717, 1.165) is 65.2 Å². The minimum atomic E-state index is -0.235. The molecule has 1 aliphatic rings. The molecule has 2 N–H and O–H groups in total. The van der Waals surface area contributed by atoms with Crippen molar-refractivity contribution < 1.29 is 4.79 Å². The molecule has 0 unspecified atom stereocenters. The van der Waals surface area contributed by atoms with Crippen LogP contribution in [0.25, 0.3) is 38.8 Å². The summed E-state index contributed by atoms with van der Waals surface area (Å²) in [7, 11) is 2.13. The SMILES string of the molecule is CN1CCN(c2ccc(NC(=O)c3cnc4[nH]cc(-c5ccn6ncc(-c7cccnc7)c6c5)c4c3)cn2)CC1. The van der Waals surface area contributed by atoms with Gasteiger partial charge in [-0.25, -0.2) is 14.5 Å². The summed E-state index contributed by atoms with van der Waals surface area (Å²) in [6.07, 6.45) is 12.6. The fourth-order valence-corrected chi connectivity index (χ4v) is 5.14. The van der Waals surface area contributed by atoms with Crippen LogP contribution < -0.4 is 10.2 Å². The molecule has 6 aromatic rings. The van der Waals surface area contributed by atoms with Crippen molar-refractivity contribution >= 4 is 34.0 Å². The third-order valence-electron chi connectivity index (χ3n) is 7.43. The molecule has 0 bridgehead atoms. The van der Waals surface area contributed by atoms with Crippen molar-refractivity contribution in [1.82, 2.24) is 34.4 Å². The molecule has 7 rings (SSSR count). The third-order valence-corrected chi connectivity index (χ3v) is 7.43. The van der Waals surface area contributed by atoms with E-state index in [2.05, 4.69) is 53.3 Å². The van der Waals surface area contributed by atoms with Crippen molar-refractivity contribution in [1.29, 1.82) is 0 Å². The number of carbonyl (C=O) groups is 1. The Morgan fingerprint density at radius 2 is 1.82 bits per heavy atom. The molecule has 6 aromatic heterocycles. The molecule has 0 atom stereocenters. The normalized spacial score (nSPS) is 14.2. The lowest BCUT2D eigenvalue weighted by Crippen LogP contribution is -2.44. The second kappa shape index (κ2) is 9.90. The number of H-pyrrole nitrogens is 1. The van der Waals surface area contributed by atoms with E-state index >= 15 is 0 Å². The first-order valence-corrected chi connectivity index (χ1v) is 13.2. The first-order chi connectivity index (χ1) is 19.6. The summed E-state index contributed by atoms with van der Waals surface area (Å²) in [5.41, 5.74) is 6.74. The zero-order chi connectivity index (χ0) is 27.1. The Hall–Kier alpha value is -5.09. The van der Waals surface area contributed by atoms with Crippen molar-refractivity contribution in [2.75, 3.05) is 43.4 Å². The standard InChI is InChI=1S/C30H27N9O/c1-37-9-11-38(12-10-37)28-5-4-23(17-32-28)36-30(40)22-13-24-25(18-34-29(24)33-16-22)20-6-8-39-27(14-20)26(19-35-39)21-3-2-7-31-15-21/h2-8,13-19H,9-12H2,1H3,(H,33,34)(H,36,40). The van der Waals surface area contributed by atoms with Crippen LogP contribution in [0.2, 0.25) is 0 Å². The Bertz CT molecular complexity index is 1820. The maximum absolute atomic E-state index is 13.2. The highest BCUT2D eigenvalue weighted by molar-refractivity contribution is 6.07. The molecule has 7 heterocycles. The van der Waals surface area contributed by atoms with Gasteiger partial charge in [-0.1, -0.05) is 6.07 Å². The number of hydrogen-bond donors (Lipinski definition) is 2. The number of pyridine rings is 4. The number of hydrogen-bond acceptors (Lipinski definition) is 7. The maximum atomic E-state index is 13.2. The van der Waals surface area contributed by atoms with Crippen molar-refractivity contribution in [3.63, 3.8) is 0 Å². The summed E-state index contributed by atoms with van der Waals surface area (Å²) < 4.78 is 1.85. The molecule has 1 amide bonds. The van der Waals surface area contributed by atoms with E-state index in [9.17, 15) is 4.79 Å². The van der Waals surface area contributed by atoms with E-state index in [1.807, 2.05) is 65.7 Å². The summed E-state index contributed by atoms with van der Waals surface area (Å²) in [5, 5.41) is 8.32. The number of rotatable bonds is 5. The highest BCUT2D eigenvalue weighted by Gasteiger charge is 2.17. The van der Waals surface area contributed by atoms with Crippen LogP contribution in [-0.2, 0) is 0 Å². The number of anilines is 2. The second-order valence-corrected chi connectivity index (χ2v) is 10.0. The number of carbonyl (C=O) groups excluding carboxylic acids is 1. The molecule has 0 radical (unpaired) electrons. The van der Waals surface area contributed by atoms with Crippen LogP contribution in [0.1, 0.15) is 10.4 Å². The van der Waals surface area contributed by atoms with Crippen LogP contribution >= 0.6 is 0 Å². The summed E-state index contributed by atoms with van der Waals surface area (Å²) in [4.78, 5) is 34.3. The maximum Gasteiger partial charge on any atom is 0.257 e. The Kier molecular flexibility index (Phi) is 5.94. The zero-order valence-electron chi connectivity index (χ0n) is 22.0. The number of nitrogens with one attached hydrogen (secondary N) is 2. The van der Waals surface area contributed by atoms with Gasteiger partial charge in [-0.3, -0.25) is 9.78 Å². The van der Waals surface area contributed by atoms with Gasteiger partial charge in [0.1, 0.15) is 11.5 Å². The molecule has 0 aromatic carbocycles. The first kappa shape index (κ1) is 24.0. The Balaban J connectivity index is 1.15. The van der Waals surface area contributed by atoms with Gasteiger partial charge in [0.2, 0.25) is 0 Å². The molecular weight excluding hydrogens is 502 g/mol. The molecule has 0 saturated carbocycles. The van der Waals surface area contributed by atoms with Gasteiger partial charge >= 0.3 is 0 Å². The van der Waals surface area contributed by atoms with Crippen LogP contribution in [0.3, 0.4) is 0 Å². The molecule has 10 heteroatoms. The van der Waals surface area contributed by atoms with Crippen LogP contribution in [0.4, 0.5) is 11.5 Å². The predicted octanol–water partition coefficient (Wildman–Crippen LogP) is 4.34. The van der Waals surface area contributed by atoms with Gasteiger partial charge in [-0.2, -0.15) is 5.10 Å². The van der Waals surface area contributed by atoms with E-state index in [0.29, 0.717) is 16.9 Å². The monoisotopic (exact) mass is 529 g/mol. The topological polar surface area (TPSA) is 107 Å². The summed E-state index contributed by atoms with van der Waals surface area (Å²) >= 11 is 0. The first-order valence-electron chi connectivity index (χ1n) is 13.2. The minimum Gasteiger partial charge on any atom is -0.354 e. The number of aromatic nitrogens is 6. The molecular formula is C30H27N9O. The van der Waals surface area contributed by atoms with E-state index < -0.39 is 0 Å². The fraction of sp³-hybridized carbons (Fsp3) is 0.167. The highest BCUT2D eigenvalue weighted by atomic mass is 16.1. The number of fused-ring (bicyclic) bond motifs is 2. The number of amides is 1. The van der Waals surface area contributed by atoms with E-state index in [1.165, 1.54) is 0 Å². The number of likely N-dealkylation sites (N-methyl/N-ethyl adjacent to an activating group) is 1. The van der Waals surface area contributed by atoms with Gasteiger partial charge < -0.3 is 20.1 Å². The smallest absolute Gasteiger partial charge is 0.257 e. The molecule has 1 fully saturated rings. The average Bonchev–Trinajstić information content (AvgIpc) is 3.62. The Labute approximate surface area is 230 Å². The van der Waals surface area contributed by atoms with Gasteiger partial charge in [-0.05, 0) is 49.0 Å². The molecule has 1 aliphatic heterocycles. The number of piperazine rings is 1. The lowest BCUT2D eigenvalue weighted by atomic mass is 10.0. The Morgan fingerprint density at radius 1 is 0.925 bits per heavy atom. The van der Waals surface area contributed by atoms with Crippen LogP contribution in [0.5, 0.6) is 0 Å².